The summed E-state index contributed by atoms with van der Waals surface area (Å²) in [6.45, 7) is 29.3. The van der Waals surface area contributed by atoms with E-state index in [0.29, 0.717) is 27.3 Å². The summed E-state index contributed by atoms with van der Waals surface area (Å²) in [5.74, 6) is 0. The normalized spacial score (nSPS) is 12.0. The van der Waals surface area contributed by atoms with Crippen LogP contribution in [-0.2, 0) is 25.7 Å². The van der Waals surface area contributed by atoms with Gasteiger partial charge < -0.3 is 0 Å². The summed E-state index contributed by atoms with van der Waals surface area (Å²) >= 11 is 0. The van der Waals surface area contributed by atoms with E-state index < -0.39 is 11.6 Å². The molecule has 460 valence electrons. The highest BCUT2D eigenvalue weighted by Gasteiger charge is 2.47. The van der Waals surface area contributed by atoms with E-state index >= 15 is 0 Å². The summed E-state index contributed by atoms with van der Waals surface area (Å²) < 4.78 is 39.3. The van der Waals surface area contributed by atoms with Gasteiger partial charge in [0.2, 0.25) is 0 Å². The molecular weight excluding hydrogens is 1110 g/mol. The number of alkyl halides is 3. The first-order chi connectivity index (χ1) is 42.5. The lowest BCUT2D eigenvalue weighted by atomic mass is 9.85. The largest absolute Gasteiger partial charge is 0.394 e. The molecule has 0 N–H and O–H groups in total. The molecule has 7 heteroatoms. The second-order valence-electron chi connectivity index (χ2n) is 28.6. The minimum Gasteiger partial charge on any atom is -0.248 e. The van der Waals surface area contributed by atoms with Crippen LogP contribution in [-0.4, -0.2) is 26.1 Å². The van der Waals surface area contributed by atoms with Crippen molar-refractivity contribution in [3.8, 4) is 45.0 Å². The maximum Gasteiger partial charge on any atom is 0.394 e. The predicted molar refractivity (Wildman–Crippen MR) is 376 cm³/mol. The number of benzene rings is 8. The third-order valence-electron chi connectivity index (χ3n) is 15.6. The van der Waals surface area contributed by atoms with Crippen molar-refractivity contribution in [1.29, 1.82) is 0 Å². The molecule has 0 radical (unpaired) electrons. The zero-order chi connectivity index (χ0) is 64.6. The fourth-order valence-corrected chi connectivity index (χ4v) is 11.4. The number of halogens is 3. The van der Waals surface area contributed by atoms with Crippen molar-refractivity contribution in [2.45, 2.75) is 129 Å². The molecule has 0 fully saturated rings. The monoisotopic (exact) mass is 1200 g/mol. The van der Waals surface area contributed by atoms with Crippen molar-refractivity contribution >= 4 is 43.6 Å². The van der Waals surface area contributed by atoms with E-state index in [1.807, 2.05) is 66.7 Å². The second-order valence-corrected chi connectivity index (χ2v) is 28.6. The zero-order valence-electron chi connectivity index (χ0n) is 55.1. The molecule has 90 heavy (non-hydrogen) atoms. The molecule has 4 aromatic heterocycles. The lowest BCUT2D eigenvalue weighted by molar-refractivity contribution is -0.211. The number of hydrogen-bond donors (Lipinski definition) is 0. The van der Waals surface area contributed by atoms with Crippen molar-refractivity contribution in [2.24, 2.45) is 21.7 Å². The van der Waals surface area contributed by atoms with Gasteiger partial charge in [-0.3, -0.25) is 0 Å². The van der Waals surface area contributed by atoms with E-state index in [1.165, 1.54) is 74.5 Å². The van der Waals surface area contributed by atoms with Crippen molar-refractivity contribution in [1.82, 2.24) is 19.9 Å². The van der Waals surface area contributed by atoms with Crippen molar-refractivity contribution in [2.75, 3.05) is 0 Å². The van der Waals surface area contributed by atoms with Crippen LogP contribution < -0.4 is 0 Å². The Bertz CT molecular complexity index is 4390. The smallest absolute Gasteiger partial charge is 0.248 e. The number of aromatic nitrogens is 4. The van der Waals surface area contributed by atoms with E-state index in [1.54, 1.807) is 12.1 Å². The van der Waals surface area contributed by atoms with Gasteiger partial charge in [-0.1, -0.05) is 232 Å². The van der Waals surface area contributed by atoms with Gasteiger partial charge in [0.15, 0.2) is 0 Å². The first kappa shape index (κ1) is 65.6. The number of nitrogens with zero attached hydrogens (tertiary/aromatic N) is 4. The van der Waals surface area contributed by atoms with E-state index in [-0.39, 0.29) is 6.42 Å². The van der Waals surface area contributed by atoms with E-state index in [9.17, 15) is 13.2 Å². The van der Waals surface area contributed by atoms with Gasteiger partial charge in [-0.2, -0.15) is 13.2 Å². The average Bonchev–Trinajstić information content (AvgIpc) is 0.914. The van der Waals surface area contributed by atoms with Gasteiger partial charge in [-0.05, 0) is 170 Å². The van der Waals surface area contributed by atoms with Crippen molar-refractivity contribution < 1.29 is 13.2 Å². The number of hydrogen-bond acceptors (Lipinski definition) is 4. The Labute approximate surface area is 532 Å². The highest BCUT2D eigenvalue weighted by Crippen LogP contribution is 2.41. The zero-order valence-corrected chi connectivity index (χ0v) is 55.1. The van der Waals surface area contributed by atoms with E-state index in [4.69, 9.17) is 15.0 Å². The molecule has 0 aliphatic heterocycles. The van der Waals surface area contributed by atoms with Crippen LogP contribution in [0.1, 0.15) is 115 Å². The Morgan fingerprint density at radius 2 is 0.600 bits per heavy atom. The minimum absolute atomic E-state index is 0.0658. The standard InChI is InChI=1S/C22H25N.C21H23N.C20H18F3N.C20H21N/c1-15-10-16(2)12-19(11-15)21-9-7-18-13-17(14-22(3,4)5)6-8-20(18)23-21;1-15-6-5-7-17(12-15)20-11-9-18-13-16(14-21(2,3)4)8-10-19(18)22-20;1-19(2,20(21,22)23)13-14-8-9-16-10-11-17(24-18(16)12-14)15-6-4-3-5-7-15;1-20(2,3)14-15-9-11-19-17(13-15)10-12-18(21-19)16-7-5-4-6-8-16/h6-13H,14H2,1-5H3;5-13H,14H2,1-4H3;3-12H,13H2,1-2H3;4-13H,14H2,1-3H3. The highest BCUT2D eigenvalue weighted by atomic mass is 19.4. The van der Waals surface area contributed by atoms with Crippen LogP contribution in [0.15, 0.2) is 224 Å². The lowest BCUT2D eigenvalue weighted by Gasteiger charge is -2.27. The summed E-state index contributed by atoms with van der Waals surface area (Å²) in [6, 6.07) is 77.2. The predicted octanol–water partition coefficient (Wildman–Crippen LogP) is 23.4. The molecule has 8 aromatic carbocycles. The van der Waals surface area contributed by atoms with Gasteiger partial charge in [-0.15, -0.1) is 0 Å². The first-order valence-corrected chi connectivity index (χ1v) is 31.4. The highest BCUT2D eigenvalue weighted by molar-refractivity contribution is 5.85. The van der Waals surface area contributed by atoms with Crippen LogP contribution in [0, 0.1) is 42.4 Å². The summed E-state index contributed by atoms with van der Waals surface area (Å²) in [6.07, 6.45) is -1.04. The van der Waals surface area contributed by atoms with Gasteiger partial charge in [0.1, 0.15) is 0 Å². The fraction of sp³-hybridized carbons (Fsp3) is 0.277. The third kappa shape index (κ3) is 18.4. The van der Waals surface area contributed by atoms with Gasteiger partial charge in [0.25, 0.3) is 0 Å². The first-order valence-electron chi connectivity index (χ1n) is 31.4. The van der Waals surface area contributed by atoms with Crippen LogP contribution >= 0.6 is 0 Å². The van der Waals surface area contributed by atoms with E-state index in [2.05, 4.69) is 234 Å². The van der Waals surface area contributed by atoms with Gasteiger partial charge in [0, 0.05) is 43.8 Å². The molecule has 0 saturated heterocycles. The molecule has 4 nitrogen and oxygen atoms in total. The van der Waals surface area contributed by atoms with Crippen LogP contribution in [0.3, 0.4) is 0 Å². The molecule has 0 amide bonds. The molecule has 12 rings (SSSR count). The molecule has 0 bridgehead atoms. The molecule has 0 aliphatic carbocycles. The molecule has 0 saturated carbocycles. The number of pyridine rings is 4. The molecule has 4 heterocycles. The van der Waals surface area contributed by atoms with Gasteiger partial charge in [0.05, 0.1) is 50.3 Å². The number of aryl methyl sites for hydroxylation is 3. The Morgan fingerprint density at radius 1 is 0.267 bits per heavy atom. The number of rotatable bonds is 9. The van der Waals surface area contributed by atoms with Crippen molar-refractivity contribution in [3.05, 3.63) is 263 Å². The lowest BCUT2D eigenvalue weighted by Crippen LogP contribution is -2.34. The molecule has 0 unspecified atom stereocenters. The summed E-state index contributed by atoms with van der Waals surface area (Å²) in [7, 11) is 0. The average molecular weight is 1200 g/mol. The maximum atomic E-state index is 13.1. The quantitative estimate of drug-likeness (QED) is 0.145. The molecular formula is C83H87F3N4. The molecule has 12 aromatic rings. The topological polar surface area (TPSA) is 51.6 Å². The van der Waals surface area contributed by atoms with E-state index in [0.717, 1.165) is 75.1 Å². The van der Waals surface area contributed by atoms with Crippen molar-refractivity contribution in [3.63, 3.8) is 0 Å². The Balaban J connectivity index is 0.000000142. The van der Waals surface area contributed by atoms with Crippen LogP contribution in [0.2, 0.25) is 0 Å². The summed E-state index contributed by atoms with van der Waals surface area (Å²) in [4.78, 5) is 19.1. The van der Waals surface area contributed by atoms with Gasteiger partial charge in [-0.25, -0.2) is 19.9 Å². The summed E-state index contributed by atoms with van der Waals surface area (Å²) in [5.41, 5.74) is 20.1. The molecule has 0 spiro atoms. The Hall–Kier alpha value is -8.81. The molecule has 0 aliphatic rings. The Kier molecular flexibility index (Phi) is 20.1. The Morgan fingerprint density at radius 3 is 1.00 bits per heavy atom. The van der Waals surface area contributed by atoms with Crippen LogP contribution in [0.4, 0.5) is 13.2 Å². The summed E-state index contributed by atoms with van der Waals surface area (Å²) in [5, 5.41) is 4.58. The van der Waals surface area contributed by atoms with Crippen LogP contribution in [0.5, 0.6) is 0 Å². The SMILES string of the molecule is CC(C)(C)Cc1ccc2nc(-c3ccccc3)ccc2c1.CC(C)(Cc1ccc2ccc(-c3ccccc3)nc2c1)C(F)(F)F.Cc1cc(C)cc(-c2ccc3cc(CC(C)(C)C)ccc3n2)c1.Cc1cccc(-c2ccc3cc(CC(C)(C)C)ccc3n2)c1. The number of fused-ring (bicyclic) bond motifs is 4. The minimum atomic E-state index is -4.23. The second kappa shape index (κ2) is 27.5. The van der Waals surface area contributed by atoms with Gasteiger partial charge >= 0.3 is 6.18 Å². The fourth-order valence-electron chi connectivity index (χ4n) is 11.4. The molecule has 0 atom stereocenters. The maximum absolute atomic E-state index is 13.1. The third-order valence-corrected chi connectivity index (χ3v) is 15.6. The van der Waals surface area contributed by atoms with Crippen LogP contribution in [0.25, 0.3) is 88.6 Å².